The summed E-state index contributed by atoms with van der Waals surface area (Å²) in [5.41, 5.74) is 24.5. The largest absolute Gasteiger partial charge is 0.310 e. The Balaban J connectivity index is 0.996. The Bertz CT molecular complexity index is 4170. The molecule has 2 nitrogen and oxygen atoms in total. The minimum atomic E-state index is -0.561. The molecule has 314 valence electrons. The third-order valence-electron chi connectivity index (χ3n) is 16.2. The van der Waals surface area contributed by atoms with Gasteiger partial charge in [0.05, 0.1) is 33.2 Å². The zero-order valence-corrected chi connectivity index (χ0v) is 37.0. The van der Waals surface area contributed by atoms with Crippen LogP contribution in [-0.2, 0) is 10.8 Å². The standard InChI is InChI=1S/C66H40N2/c1-2-19-42(20-3-1)67(43-37-38-46-45-22-6-10-27-51(45)65(58(46)40-43)52-28-11-7-24-49(52)62-44-21-5-4-18-41(44)36-39-56(62)65)61-35-17-31-55-63(61)50-25-8-12-29-53(50)66(55)54-30-13-15-34-60(54)68-59-33-14-9-23-47(59)48-26-16-32-57(66)64(48)68/h1-40H. The third kappa shape index (κ3) is 4.22. The lowest BCUT2D eigenvalue weighted by atomic mass is 9.65. The maximum Gasteiger partial charge on any atom is 0.0755 e. The van der Waals surface area contributed by atoms with Crippen LogP contribution >= 0.6 is 0 Å². The predicted molar refractivity (Wildman–Crippen MR) is 280 cm³/mol. The summed E-state index contributed by atoms with van der Waals surface area (Å²) in [5.74, 6) is 0. The van der Waals surface area contributed by atoms with Gasteiger partial charge in [-0.2, -0.15) is 0 Å². The second-order valence-electron chi connectivity index (χ2n) is 19.0. The summed E-state index contributed by atoms with van der Waals surface area (Å²) in [7, 11) is 0. The molecule has 2 heterocycles. The van der Waals surface area contributed by atoms with Crippen LogP contribution in [-0.4, -0.2) is 4.57 Å². The van der Waals surface area contributed by atoms with Gasteiger partial charge in [0, 0.05) is 27.7 Å². The molecule has 0 bridgehead atoms. The molecular formula is C66H40N2. The number of aromatic nitrogens is 1. The summed E-state index contributed by atoms with van der Waals surface area (Å²) >= 11 is 0. The van der Waals surface area contributed by atoms with E-state index in [2.05, 4.69) is 252 Å². The fourth-order valence-corrected chi connectivity index (χ4v) is 13.8. The van der Waals surface area contributed by atoms with E-state index in [4.69, 9.17) is 0 Å². The van der Waals surface area contributed by atoms with Gasteiger partial charge in [-0.05, 0) is 126 Å². The Kier molecular flexibility index (Phi) is 6.98. The first-order chi connectivity index (χ1) is 33.8. The molecule has 2 unspecified atom stereocenters. The molecule has 4 aliphatic rings. The highest BCUT2D eigenvalue weighted by Crippen LogP contribution is 2.66. The number of nitrogens with zero attached hydrogens (tertiary/aromatic N) is 2. The van der Waals surface area contributed by atoms with Crippen molar-refractivity contribution >= 4 is 49.6 Å². The highest BCUT2D eigenvalue weighted by molar-refractivity contribution is 6.13. The molecule has 2 atom stereocenters. The van der Waals surface area contributed by atoms with Crippen LogP contribution < -0.4 is 4.90 Å². The lowest BCUT2D eigenvalue weighted by molar-refractivity contribution is 0.748. The number of anilines is 3. The molecule has 0 saturated carbocycles. The van der Waals surface area contributed by atoms with E-state index < -0.39 is 10.8 Å². The molecule has 0 saturated heterocycles. The van der Waals surface area contributed by atoms with Crippen LogP contribution in [0, 0.1) is 0 Å². The van der Waals surface area contributed by atoms with Gasteiger partial charge in [-0.15, -0.1) is 0 Å². The van der Waals surface area contributed by atoms with Crippen LogP contribution in [0.5, 0.6) is 0 Å². The average molecular weight is 861 g/mol. The molecule has 0 amide bonds. The van der Waals surface area contributed by atoms with E-state index in [9.17, 15) is 0 Å². The van der Waals surface area contributed by atoms with Crippen LogP contribution in [0.25, 0.3) is 71.6 Å². The zero-order chi connectivity index (χ0) is 44.3. The number of fused-ring (bicyclic) bond motifs is 24. The first-order valence-corrected chi connectivity index (χ1v) is 23.9. The van der Waals surface area contributed by atoms with Crippen LogP contribution in [0.15, 0.2) is 243 Å². The first kappa shape index (κ1) is 36.5. The molecule has 16 rings (SSSR count). The molecule has 2 spiro atoms. The van der Waals surface area contributed by atoms with Crippen LogP contribution in [0.1, 0.15) is 44.5 Å². The van der Waals surface area contributed by atoms with E-state index >= 15 is 0 Å². The van der Waals surface area contributed by atoms with Crippen LogP contribution in [0.3, 0.4) is 0 Å². The molecule has 12 aromatic rings. The van der Waals surface area contributed by atoms with Gasteiger partial charge >= 0.3 is 0 Å². The second-order valence-corrected chi connectivity index (χ2v) is 19.0. The molecule has 2 heteroatoms. The molecule has 11 aromatic carbocycles. The van der Waals surface area contributed by atoms with E-state index in [0.29, 0.717) is 0 Å². The van der Waals surface area contributed by atoms with Crippen molar-refractivity contribution in [2.75, 3.05) is 4.90 Å². The van der Waals surface area contributed by atoms with Crippen LogP contribution in [0.4, 0.5) is 17.1 Å². The third-order valence-corrected chi connectivity index (χ3v) is 16.2. The van der Waals surface area contributed by atoms with Crippen molar-refractivity contribution < 1.29 is 0 Å². The van der Waals surface area contributed by atoms with E-state index in [1.165, 1.54) is 116 Å². The van der Waals surface area contributed by atoms with E-state index in [1.807, 2.05) is 0 Å². The van der Waals surface area contributed by atoms with Gasteiger partial charge in [0.15, 0.2) is 0 Å². The molecule has 1 aromatic heterocycles. The van der Waals surface area contributed by atoms with E-state index in [0.717, 1.165) is 17.1 Å². The second kappa shape index (κ2) is 13.0. The summed E-state index contributed by atoms with van der Waals surface area (Å²) in [6.07, 6.45) is 0. The van der Waals surface area contributed by atoms with Gasteiger partial charge in [0.2, 0.25) is 0 Å². The van der Waals surface area contributed by atoms with Crippen molar-refractivity contribution in [2.24, 2.45) is 0 Å². The molecule has 3 aliphatic carbocycles. The lowest BCUT2D eigenvalue weighted by Crippen LogP contribution is -2.33. The highest BCUT2D eigenvalue weighted by Gasteiger charge is 2.54. The Hall–Kier alpha value is -8.72. The van der Waals surface area contributed by atoms with Gasteiger partial charge in [-0.3, -0.25) is 0 Å². The van der Waals surface area contributed by atoms with E-state index in [1.54, 1.807) is 0 Å². The average Bonchev–Trinajstić information content (AvgIpc) is 4.10. The Labute approximate surface area is 394 Å². The normalized spacial score (nSPS) is 17.2. The van der Waals surface area contributed by atoms with Crippen molar-refractivity contribution in [1.29, 1.82) is 0 Å². The lowest BCUT2D eigenvalue weighted by Gasteiger charge is -2.39. The minimum Gasteiger partial charge on any atom is -0.310 e. The summed E-state index contributed by atoms with van der Waals surface area (Å²) in [4.78, 5) is 2.54. The van der Waals surface area contributed by atoms with Crippen molar-refractivity contribution in [3.05, 3.63) is 287 Å². The predicted octanol–water partition coefficient (Wildman–Crippen LogP) is 16.4. The van der Waals surface area contributed by atoms with Crippen molar-refractivity contribution in [1.82, 2.24) is 4.57 Å². The van der Waals surface area contributed by atoms with Crippen molar-refractivity contribution in [2.45, 2.75) is 10.8 Å². The Morgan fingerprint density at radius 2 is 0.868 bits per heavy atom. The molecule has 0 radical (unpaired) electrons. The maximum atomic E-state index is 2.54. The van der Waals surface area contributed by atoms with Gasteiger partial charge in [0.1, 0.15) is 0 Å². The summed E-state index contributed by atoms with van der Waals surface area (Å²) in [5, 5.41) is 5.14. The van der Waals surface area contributed by atoms with Crippen LogP contribution in [0.2, 0.25) is 0 Å². The van der Waals surface area contributed by atoms with Crippen molar-refractivity contribution in [3.63, 3.8) is 0 Å². The van der Waals surface area contributed by atoms with Crippen molar-refractivity contribution in [3.8, 4) is 39.1 Å². The number of para-hydroxylation sites is 4. The fourth-order valence-electron chi connectivity index (χ4n) is 13.8. The zero-order valence-electron chi connectivity index (χ0n) is 37.0. The number of hydrogen-bond acceptors (Lipinski definition) is 1. The Morgan fingerprint density at radius 3 is 1.69 bits per heavy atom. The number of benzene rings is 11. The maximum absolute atomic E-state index is 2.54. The monoisotopic (exact) mass is 860 g/mol. The quantitative estimate of drug-likeness (QED) is 0.172. The highest BCUT2D eigenvalue weighted by atomic mass is 15.1. The molecular weight excluding hydrogens is 821 g/mol. The SMILES string of the molecule is c1ccc(N(c2ccc3c(c2)C2(c4ccccc4-3)c3ccccc3-c3c2ccc2ccccc32)c2cccc3c2-c2ccccc2C32c3ccccc3-n3c4ccccc4c4cccc2c43)cc1. The minimum absolute atomic E-state index is 0.501. The number of hydrogen-bond donors (Lipinski definition) is 0. The molecule has 1 aliphatic heterocycles. The smallest absolute Gasteiger partial charge is 0.0755 e. The summed E-state index contributed by atoms with van der Waals surface area (Å²) in [6, 6.07) is 91.8. The van der Waals surface area contributed by atoms with E-state index in [-0.39, 0.29) is 0 Å². The molecule has 68 heavy (non-hydrogen) atoms. The number of rotatable bonds is 3. The molecule has 0 N–H and O–H groups in total. The summed E-state index contributed by atoms with van der Waals surface area (Å²) < 4.78 is 2.53. The topological polar surface area (TPSA) is 8.17 Å². The van der Waals surface area contributed by atoms with Gasteiger partial charge in [-0.1, -0.05) is 200 Å². The van der Waals surface area contributed by atoms with Gasteiger partial charge < -0.3 is 9.47 Å². The molecule has 0 fully saturated rings. The Morgan fingerprint density at radius 1 is 0.309 bits per heavy atom. The van der Waals surface area contributed by atoms with Gasteiger partial charge in [0.25, 0.3) is 0 Å². The fraction of sp³-hybridized carbons (Fsp3) is 0.0303. The first-order valence-electron chi connectivity index (χ1n) is 23.9. The summed E-state index contributed by atoms with van der Waals surface area (Å²) in [6.45, 7) is 0. The van der Waals surface area contributed by atoms with Gasteiger partial charge in [-0.25, -0.2) is 0 Å².